The summed E-state index contributed by atoms with van der Waals surface area (Å²) in [7, 11) is 1.58. The van der Waals surface area contributed by atoms with Crippen molar-refractivity contribution in [3.8, 4) is 5.75 Å². The minimum atomic E-state index is -0.495. The summed E-state index contributed by atoms with van der Waals surface area (Å²) in [6.45, 7) is 0.952. The maximum absolute atomic E-state index is 14.2. The average molecular weight is 493 g/mol. The van der Waals surface area contributed by atoms with E-state index in [1.807, 2.05) is 29.2 Å². The van der Waals surface area contributed by atoms with Crippen molar-refractivity contribution in [2.45, 2.75) is 19.1 Å². The van der Waals surface area contributed by atoms with Gasteiger partial charge in [-0.25, -0.2) is 14.2 Å². The van der Waals surface area contributed by atoms with Crippen LogP contribution in [-0.2, 0) is 22.7 Å². The molecule has 0 spiro atoms. The van der Waals surface area contributed by atoms with E-state index in [1.54, 1.807) is 25.3 Å². The Balaban J connectivity index is 1.29. The van der Waals surface area contributed by atoms with Gasteiger partial charge in [0.2, 0.25) is 11.8 Å². The van der Waals surface area contributed by atoms with Gasteiger partial charge in [0, 0.05) is 25.3 Å². The SMILES string of the molecule is COc1cccc(CNC(=O)CN2NC3c4cc(F)ccc4N(Cc4ccc(F)cc4)CC3C2=O)c1. The number of anilines is 1. The first-order valence-corrected chi connectivity index (χ1v) is 11.7. The summed E-state index contributed by atoms with van der Waals surface area (Å²) in [5, 5.41) is 4.14. The molecule has 0 aromatic heterocycles. The molecule has 3 aromatic carbocycles. The van der Waals surface area contributed by atoms with Gasteiger partial charge < -0.3 is 15.0 Å². The van der Waals surface area contributed by atoms with Crippen molar-refractivity contribution >= 4 is 17.5 Å². The molecule has 0 radical (unpaired) electrons. The molecule has 0 aliphatic carbocycles. The molecule has 2 amide bonds. The smallest absolute Gasteiger partial charge is 0.244 e. The molecule has 2 atom stereocenters. The van der Waals surface area contributed by atoms with Crippen molar-refractivity contribution in [1.82, 2.24) is 15.8 Å². The third kappa shape index (κ3) is 4.87. The van der Waals surface area contributed by atoms with Crippen molar-refractivity contribution in [2.24, 2.45) is 5.92 Å². The molecule has 5 rings (SSSR count). The van der Waals surface area contributed by atoms with Crippen LogP contribution in [-0.4, -0.2) is 37.0 Å². The van der Waals surface area contributed by atoms with Gasteiger partial charge in [0.25, 0.3) is 0 Å². The molecule has 36 heavy (non-hydrogen) atoms. The lowest BCUT2D eigenvalue weighted by atomic mass is 9.88. The molecular formula is C27H26F2N4O3. The summed E-state index contributed by atoms with van der Waals surface area (Å²) in [6, 6.07) is 17.6. The predicted octanol–water partition coefficient (Wildman–Crippen LogP) is 3.31. The molecule has 1 fully saturated rings. The number of hydrogen-bond donors (Lipinski definition) is 2. The maximum Gasteiger partial charge on any atom is 0.244 e. The normalized spacial score (nSPS) is 18.6. The first-order chi connectivity index (χ1) is 17.4. The van der Waals surface area contributed by atoms with Crippen molar-refractivity contribution in [1.29, 1.82) is 0 Å². The number of nitrogens with zero attached hydrogens (tertiary/aromatic N) is 2. The molecule has 2 aliphatic rings. The number of hydrazine groups is 1. The van der Waals surface area contributed by atoms with Gasteiger partial charge in [0.05, 0.1) is 19.1 Å². The van der Waals surface area contributed by atoms with E-state index in [4.69, 9.17) is 4.74 Å². The van der Waals surface area contributed by atoms with E-state index >= 15 is 0 Å². The molecule has 0 saturated carbocycles. The van der Waals surface area contributed by atoms with Crippen molar-refractivity contribution in [3.63, 3.8) is 0 Å². The number of hydrogen-bond acceptors (Lipinski definition) is 5. The predicted molar refractivity (Wildman–Crippen MR) is 130 cm³/mol. The van der Waals surface area contributed by atoms with Gasteiger partial charge in [-0.1, -0.05) is 24.3 Å². The molecule has 0 bridgehead atoms. The monoisotopic (exact) mass is 492 g/mol. The van der Waals surface area contributed by atoms with Crippen LogP contribution in [0.5, 0.6) is 5.75 Å². The summed E-state index contributed by atoms with van der Waals surface area (Å²) in [6.07, 6.45) is 0. The van der Waals surface area contributed by atoms with Gasteiger partial charge in [0.1, 0.15) is 23.9 Å². The minimum Gasteiger partial charge on any atom is -0.497 e. The largest absolute Gasteiger partial charge is 0.497 e. The van der Waals surface area contributed by atoms with Crippen LogP contribution >= 0.6 is 0 Å². The third-order valence-corrected chi connectivity index (χ3v) is 6.58. The molecule has 2 unspecified atom stereocenters. The van der Waals surface area contributed by atoms with Crippen LogP contribution in [0.4, 0.5) is 14.5 Å². The summed E-state index contributed by atoms with van der Waals surface area (Å²) in [4.78, 5) is 27.9. The second-order valence-electron chi connectivity index (χ2n) is 8.98. The first kappa shape index (κ1) is 23.7. The van der Waals surface area contributed by atoms with Crippen LogP contribution in [0.1, 0.15) is 22.7 Å². The zero-order valence-corrected chi connectivity index (χ0v) is 19.7. The van der Waals surface area contributed by atoms with E-state index in [-0.39, 0.29) is 24.2 Å². The lowest BCUT2D eigenvalue weighted by molar-refractivity contribution is -0.137. The van der Waals surface area contributed by atoms with Crippen LogP contribution in [0.2, 0.25) is 0 Å². The Morgan fingerprint density at radius 1 is 1.06 bits per heavy atom. The molecule has 7 nitrogen and oxygen atoms in total. The molecule has 2 N–H and O–H groups in total. The van der Waals surface area contributed by atoms with Gasteiger partial charge in [-0.2, -0.15) is 0 Å². The highest BCUT2D eigenvalue weighted by Gasteiger charge is 2.46. The number of carbonyl (C=O) groups excluding carboxylic acids is 2. The van der Waals surface area contributed by atoms with Gasteiger partial charge in [0.15, 0.2) is 0 Å². The molecule has 2 heterocycles. The molecule has 1 saturated heterocycles. The Morgan fingerprint density at radius 2 is 1.83 bits per heavy atom. The number of ether oxygens (including phenoxy) is 1. The number of rotatable bonds is 7. The Bertz CT molecular complexity index is 1280. The van der Waals surface area contributed by atoms with E-state index in [0.29, 0.717) is 30.9 Å². The quantitative estimate of drug-likeness (QED) is 0.530. The van der Waals surface area contributed by atoms with Crippen molar-refractivity contribution in [3.05, 3.63) is 95.1 Å². The fourth-order valence-electron chi connectivity index (χ4n) is 4.80. The second kappa shape index (κ2) is 9.94. The summed E-state index contributed by atoms with van der Waals surface area (Å²) >= 11 is 0. The van der Waals surface area contributed by atoms with E-state index in [1.165, 1.54) is 29.3 Å². The number of halogens is 2. The highest BCUT2D eigenvalue weighted by Crippen LogP contribution is 2.41. The highest BCUT2D eigenvalue weighted by molar-refractivity contribution is 5.88. The average Bonchev–Trinajstić information content (AvgIpc) is 3.19. The zero-order chi connectivity index (χ0) is 25.2. The molecule has 9 heteroatoms. The second-order valence-corrected chi connectivity index (χ2v) is 8.98. The fraction of sp³-hybridized carbons (Fsp3) is 0.259. The Kier molecular flexibility index (Phi) is 6.56. The van der Waals surface area contributed by atoms with E-state index in [2.05, 4.69) is 10.7 Å². The van der Waals surface area contributed by atoms with Crippen molar-refractivity contribution in [2.75, 3.05) is 25.1 Å². The van der Waals surface area contributed by atoms with Crippen LogP contribution in [0.25, 0.3) is 0 Å². The number of carbonyl (C=O) groups is 2. The van der Waals surface area contributed by atoms with Gasteiger partial charge in [-0.15, -0.1) is 0 Å². The number of benzene rings is 3. The third-order valence-electron chi connectivity index (χ3n) is 6.58. The standard InChI is InChI=1S/C27H26F2N4O3/c1-36-21-4-2-3-18(11-21)13-30-25(34)16-33-27(35)23-15-32(14-17-5-7-19(28)8-6-17)24-10-9-20(29)12-22(24)26(23)31-33/h2-12,23,26,31H,13-16H2,1H3,(H,30,34). The van der Waals surface area contributed by atoms with Crippen LogP contribution in [0.15, 0.2) is 66.7 Å². The summed E-state index contributed by atoms with van der Waals surface area (Å²) < 4.78 is 32.8. The number of methoxy groups -OCH3 is 1. The fourth-order valence-corrected chi connectivity index (χ4v) is 4.80. The van der Waals surface area contributed by atoms with Gasteiger partial charge in [-0.3, -0.25) is 14.6 Å². The maximum atomic E-state index is 14.2. The lowest BCUT2D eigenvalue weighted by Crippen LogP contribution is -2.43. The van der Waals surface area contributed by atoms with Gasteiger partial charge in [-0.05, 0) is 59.2 Å². The lowest BCUT2D eigenvalue weighted by Gasteiger charge is -2.36. The van der Waals surface area contributed by atoms with Crippen molar-refractivity contribution < 1.29 is 23.1 Å². The molecule has 3 aromatic rings. The molecular weight excluding hydrogens is 466 g/mol. The Morgan fingerprint density at radius 3 is 2.61 bits per heavy atom. The van der Waals surface area contributed by atoms with E-state index in [0.717, 1.165) is 16.8 Å². The minimum absolute atomic E-state index is 0.168. The van der Waals surface area contributed by atoms with E-state index < -0.39 is 17.8 Å². The van der Waals surface area contributed by atoms with Crippen LogP contribution < -0.4 is 20.4 Å². The first-order valence-electron chi connectivity index (χ1n) is 11.7. The van der Waals surface area contributed by atoms with Gasteiger partial charge >= 0.3 is 0 Å². The van der Waals surface area contributed by atoms with Crippen LogP contribution in [0.3, 0.4) is 0 Å². The summed E-state index contributed by atoms with van der Waals surface area (Å²) in [5.41, 5.74) is 6.32. The molecule has 186 valence electrons. The number of amides is 2. The topological polar surface area (TPSA) is 73.9 Å². The number of fused-ring (bicyclic) bond motifs is 3. The Hall–Kier alpha value is -3.98. The van der Waals surface area contributed by atoms with Crippen LogP contribution in [0, 0.1) is 17.6 Å². The van der Waals surface area contributed by atoms with E-state index in [9.17, 15) is 18.4 Å². The highest BCUT2D eigenvalue weighted by atomic mass is 19.1. The summed E-state index contributed by atoms with van der Waals surface area (Å²) in [5.74, 6) is -1.07. The zero-order valence-electron chi connectivity index (χ0n) is 19.7. The molecule has 2 aliphatic heterocycles. The number of nitrogens with one attached hydrogen (secondary N) is 2. The Labute approximate surface area is 207 Å².